The van der Waals surface area contributed by atoms with E-state index in [4.69, 9.17) is 7.48 Å². The number of hydrogen-bond acceptors (Lipinski definition) is 2. The Hall–Kier alpha value is -1.02. The zero-order valence-electron chi connectivity index (χ0n) is 15.4. The third kappa shape index (κ3) is 1.69. The summed E-state index contributed by atoms with van der Waals surface area (Å²) >= 11 is 0. The van der Waals surface area contributed by atoms with Crippen molar-refractivity contribution in [1.82, 2.24) is 4.90 Å². The SMILES string of the molecule is [2H]C([2H])(C)Oc1ccc2c(c1)C1(CC)CCCC3[C@@H]1[C@H](C2)N3C. The number of ether oxygens (including phenoxy) is 1. The van der Waals surface area contributed by atoms with Gasteiger partial charge in [-0.25, -0.2) is 0 Å². The highest BCUT2D eigenvalue weighted by molar-refractivity contribution is 5.46. The molecule has 4 atom stereocenters. The van der Waals surface area contributed by atoms with E-state index in [2.05, 4.69) is 31.0 Å². The van der Waals surface area contributed by atoms with Gasteiger partial charge in [0.15, 0.2) is 0 Å². The number of nitrogens with zero attached hydrogens (tertiary/aromatic N) is 1. The van der Waals surface area contributed by atoms with Crippen LogP contribution in [0.2, 0.25) is 0 Å². The van der Waals surface area contributed by atoms with Gasteiger partial charge in [-0.3, -0.25) is 4.90 Å². The lowest BCUT2D eigenvalue weighted by molar-refractivity contribution is -0.115. The Morgan fingerprint density at radius 1 is 1.38 bits per heavy atom. The van der Waals surface area contributed by atoms with Crippen LogP contribution in [0.25, 0.3) is 0 Å². The lowest BCUT2D eigenvalue weighted by atomic mass is 9.49. The summed E-state index contributed by atoms with van der Waals surface area (Å²) in [6.45, 7) is 2.17. The summed E-state index contributed by atoms with van der Waals surface area (Å²) in [6.07, 6.45) is 6.21. The molecule has 21 heavy (non-hydrogen) atoms. The molecule has 2 unspecified atom stereocenters. The fourth-order valence-corrected chi connectivity index (χ4v) is 5.61. The van der Waals surface area contributed by atoms with Crippen molar-refractivity contribution in [2.45, 2.75) is 63.5 Å². The molecule has 0 amide bonds. The van der Waals surface area contributed by atoms with Gasteiger partial charge in [0.05, 0.1) is 9.30 Å². The molecule has 1 saturated heterocycles. The maximum absolute atomic E-state index is 7.69. The third-order valence-electron chi connectivity index (χ3n) is 6.53. The van der Waals surface area contributed by atoms with Crippen LogP contribution >= 0.6 is 0 Å². The Balaban J connectivity index is 1.79. The van der Waals surface area contributed by atoms with E-state index in [0.29, 0.717) is 11.8 Å². The molecular formula is C19H27NO. The number of likely N-dealkylation sites (tertiary alicyclic amines) is 1. The molecule has 0 bridgehead atoms. The topological polar surface area (TPSA) is 12.5 Å². The van der Waals surface area contributed by atoms with E-state index in [-0.39, 0.29) is 5.41 Å². The van der Waals surface area contributed by atoms with Crippen LogP contribution in [-0.2, 0) is 11.8 Å². The van der Waals surface area contributed by atoms with Crippen LogP contribution in [-0.4, -0.2) is 30.6 Å². The molecule has 0 aromatic heterocycles. The quantitative estimate of drug-likeness (QED) is 0.839. The van der Waals surface area contributed by atoms with Crippen molar-refractivity contribution < 1.29 is 7.48 Å². The minimum atomic E-state index is -1.63. The zero-order valence-corrected chi connectivity index (χ0v) is 13.4. The van der Waals surface area contributed by atoms with Crippen molar-refractivity contribution in [3.63, 3.8) is 0 Å². The normalized spacial score (nSPS) is 39.5. The van der Waals surface area contributed by atoms with E-state index >= 15 is 0 Å². The van der Waals surface area contributed by atoms with Gasteiger partial charge in [-0.1, -0.05) is 19.4 Å². The van der Waals surface area contributed by atoms with Crippen LogP contribution in [0.1, 0.15) is 53.4 Å². The Morgan fingerprint density at radius 2 is 2.24 bits per heavy atom. The fraction of sp³-hybridized carbons (Fsp3) is 0.684. The number of fused-ring (bicyclic) bond motifs is 2. The van der Waals surface area contributed by atoms with Crippen molar-refractivity contribution in [2.24, 2.45) is 5.92 Å². The lowest BCUT2D eigenvalue weighted by Crippen LogP contribution is -2.72. The van der Waals surface area contributed by atoms with Crippen molar-refractivity contribution in [3.05, 3.63) is 29.3 Å². The van der Waals surface area contributed by atoms with Crippen LogP contribution in [0, 0.1) is 5.92 Å². The Bertz CT molecular complexity index is 626. The molecule has 1 aliphatic heterocycles. The molecule has 1 saturated carbocycles. The second-order valence-electron chi connectivity index (χ2n) is 7.06. The lowest BCUT2D eigenvalue weighted by Gasteiger charge is -2.66. The highest BCUT2D eigenvalue weighted by Crippen LogP contribution is 2.59. The summed E-state index contributed by atoms with van der Waals surface area (Å²) in [5.41, 5.74) is 3.16. The summed E-state index contributed by atoms with van der Waals surface area (Å²) in [6, 6.07) is 7.71. The molecular weight excluding hydrogens is 258 g/mol. The van der Waals surface area contributed by atoms with E-state index in [1.54, 1.807) is 0 Å². The van der Waals surface area contributed by atoms with Gasteiger partial charge in [0, 0.05) is 17.5 Å². The molecule has 1 aromatic rings. The number of hydrogen-bond donors (Lipinski definition) is 0. The molecule has 0 spiro atoms. The molecule has 3 aliphatic rings. The Morgan fingerprint density at radius 3 is 3.00 bits per heavy atom. The van der Waals surface area contributed by atoms with E-state index in [9.17, 15) is 0 Å². The highest BCUT2D eigenvalue weighted by atomic mass is 16.5. The zero-order chi connectivity index (χ0) is 16.4. The number of benzene rings is 1. The van der Waals surface area contributed by atoms with Gasteiger partial charge in [0.25, 0.3) is 0 Å². The van der Waals surface area contributed by atoms with E-state index in [1.807, 2.05) is 6.07 Å². The number of likely N-dealkylation sites (N-methyl/N-ethyl adjacent to an activating group) is 1. The van der Waals surface area contributed by atoms with Gasteiger partial charge in [0.2, 0.25) is 0 Å². The molecule has 1 heterocycles. The predicted molar refractivity (Wildman–Crippen MR) is 86.0 cm³/mol. The van der Waals surface area contributed by atoms with E-state index in [0.717, 1.165) is 18.4 Å². The van der Waals surface area contributed by atoms with Crippen LogP contribution in [0.4, 0.5) is 0 Å². The first kappa shape index (κ1) is 11.5. The molecule has 4 rings (SSSR count). The van der Waals surface area contributed by atoms with Gasteiger partial charge in [-0.2, -0.15) is 0 Å². The second-order valence-corrected chi connectivity index (χ2v) is 7.06. The fourth-order valence-electron chi connectivity index (χ4n) is 5.61. The second kappa shape index (κ2) is 4.74. The predicted octanol–water partition coefficient (Wildman–Crippen LogP) is 3.77. The molecule has 1 aromatic carbocycles. The van der Waals surface area contributed by atoms with Crippen LogP contribution in [0.15, 0.2) is 18.2 Å². The monoisotopic (exact) mass is 287 g/mol. The van der Waals surface area contributed by atoms with Gasteiger partial charge in [-0.05, 0) is 68.8 Å². The molecule has 114 valence electrons. The summed E-state index contributed by atoms with van der Waals surface area (Å²) in [5.74, 6) is 1.45. The summed E-state index contributed by atoms with van der Waals surface area (Å²) in [4.78, 5) is 2.60. The van der Waals surface area contributed by atoms with Crippen molar-refractivity contribution >= 4 is 0 Å². The average Bonchev–Trinajstić information content (AvgIpc) is 2.51. The number of rotatable bonds is 3. The summed E-state index contributed by atoms with van der Waals surface area (Å²) in [5, 5.41) is 0. The molecule has 0 radical (unpaired) electrons. The molecule has 2 heteroatoms. The summed E-state index contributed by atoms with van der Waals surface area (Å²) in [7, 11) is 2.30. The molecule has 2 nitrogen and oxygen atoms in total. The molecule has 0 N–H and O–H groups in total. The maximum Gasteiger partial charge on any atom is 0.119 e. The maximum atomic E-state index is 7.69. The smallest absolute Gasteiger partial charge is 0.119 e. The minimum absolute atomic E-state index is 0.271. The van der Waals surface area contributed by atoms with Gasteiger partial charge >= 0.3 is 0 Å². The Labute approximate surface area is 131 Å². The van der Waals surface area contributed by atoms with Crippen LogP contribution in [0.3, 0.4) is 0 Å². The average molecular weight is 287 g/mol. The third-order valence-corrected chi connectivity index (χ3v) is 6.53. The minimum Gasteiger partial charge on any atom is -0.494 e. The molecule has 2 fully saturated rings. The summed E-state index contributed by atoms with van der Waals surface area (Å²) < 4.78 is 20.9. The van der Waals surface area contributed by atoms with E-state index in [1.165, 1.54) is 43.7 Å². The van der Waals surface area contributed by atoms with Crippen molar-refractivity contribution in [2.75, 3.05) is 13.6 Å². The van der Waals surface area contributed by atoms with Gasteiger partial charge < -0.3 is 4.74 Å². The first-order chi connectivity index (χ1) is 10.9. The van der Waals surface area contributed by atoms with Gasteiger partial charge in [0.1, 0.15) is 5.75 Å². The first-order valence-electron chi connectivity index (χ1n) is 9.40. The van der Waals surface area contributed by atoms with Gasteiger partial charge in [-0.15, -0.1) is 0 Å². The van der Waals surface area contributed by atoms with Crippen LogP contribution in [0.5, 0.6) is 5.75 Å². The highest BCUT2D eigenvalue weighted by Gasteiger charge is 2.60. The molecule has 2 aliphatic carbocycles. The largest absolute Gasteiger partial charge is 0.494 e. The van der Waals surface area contributed by atoms with Crippen LogP contribution < -0.4 is 4.74 Å². The Kier molecular flexibility index (Phi) is 2.60. The van der Waals surface area contributed by atoms with E-state index < -0.39 is 6.56 Å². The van der Waals surface area contributed by atoms with Crippen molar-refractivity contribution in [1.29, 1.82) is 0 Å². The standard InChI is InChI=1S/C19H27NO/c1-4-19-10-6-7-16-18(19)17(20(16)3)11-13-8-9-14(21-5-2)12-15(13)19/h8-9,12,16-18H,4-7,10-11H2,1-3H3/t16?,17-,18+,19?/m0/s1/i5D2. The van der Waals surface area contributed by atoms with Crippen molar-refractivity contribution in [3.8, 4) is 5.75 Å². The first-order valence-corrected chi connectivity index (χ1v) is 8.40.